The highest BCUT2D eigenvalue weighted by Gasteiger charge is 2.11. The monoisotopic (exact) mass is 474 g/mol. The molecule has 0 aliphatic heterocycles. The second-order valence-electron chi connectivity index (χ2n) is 6.34. The number of aryl methyl sites for hydroxylation is 1. The Kier molecular flexibility index (Phi) is 9.02. The van der Waals surface area contributed by atoms with Crippen LogP contribution in [0.5, 0.6) is 5.75 Å². The first-order valence-corrected chi connectivity index (χ1v) is 10.1. The molecule has 9 heteroatoms. The number of halogens is 1. The lowest BCUT2D eigenvalue weighted by molar-refractivity contribution is -0.139. The molecule has 3 amide bonds. The van der Waals surface area contributed by atoms with Gasteiger partial charge in [-0.1, -0.05) is 40.5 Å². The third kappa shape index (κ3) is 7.67. The first-order chi connectivity index (χ1) is 14.4. The van der Waals surface area contributed by atoms with Gasteiger partial charge in [-0.25, -0.2) is 5.43 Å². The predicted molar refractivity (Wildman–Crippen MR) is 118 cm³/mol. The standard InChI is InChI=1S/C21H23BrN4O4/c1-3-10-23-20(28)21(29)26-24-12-15-11-16(22)6-9-18(15)30-13-19(27)25-17-7-4-14(2)5-8-17/h4-9,11-12H,3,10,13H2,1-2H3,(H,23,28)(H,25,27)(H,26,29)/b24-12-. The van der Waals surface area contributed by atoms with E-state index in [4.69, 9.17) is 4.74 Å². The molecule has 0 radical (unpaired) electrons. The molecule has 0 aromatic heterocycles. The van der Waals surface area contributed by atoms with Crippen LogP contribution in [0.15, 0.2) is 52.0 Å². The van der Waals surface area contributed by atoms with Gasteiger partial charge >= 0.3 is 11.8 Å². The zero-order valence-electron chi connectivity index (χ0n) is 16.7. The van der Waals surface area contributed by atoms with Gasteiger partial charge in [0, 0.05) is 22.3 Å². The highest BCUT2D eigenvalue weighted by Crippen LogP contribution is 2.22. The van der Waals surface area contributed by atoms with Crippen LogP contribution in [0.25, 0.3) is 0 Å². The van der Waals surface area contributed by atoms with E-state index >= 15 is 0 Å². The maximum Gasteiger partial charge on any atom is 0.329 e. The molecule has 0 aliphatic carbocycles. The van der Waals surface area contributed by atoms with Crippen LogP contribution in [0.3, 0.4) is 0 Å². The Labute approximate surface area is 183 Å². The van der Waals surface area contributed by atoms with Crippen LogP contribution in [0.2, 0.25) is 0 Å². The molecule has 0 bridgehead atoms. The molecule has 158 valence electrons. The molecule has 0 spiro atoms. The number of carbonyl (C=O) groups is 3. The summed E-state index contributed by atoms with van der Waals surface area (Å²) in [4.78, 5) is 35.3. The SMILES string of the molecule is CCCNC(=O)C(=O)N/N=C\c1cc(Br)ccc1OCC(=O)Nc1ccc(C)cc1. The quantitative estimate of drug-likeness (QED) is 0.310. The first kappa shape index (κ1) is 23.1. The summed E-state index contributed by atoms with van der Waals surface area (Å²) in [6.45, 7) is 4.05. The lowest BCUT2D eigenvalue weighted by Crippen LogP contribution is -2.38. The third-order valence-electron chi connectivity index (χ3n) is 3.78. The van der Waals surface area contributed by atoms with Crippen LogP contribution in [0, 0.1) is 6.92 Å². The van der Waals surface area contributed by atoms with Crippen molar-refractivity contribution in [2.45, 2.75) is 20.3 Å². The van der Waals surface area contributed by atoms with E-state index in [9.17, 15) is 14.4 Å². The number of benzene rings is 2. The van der Waals surface area contributed by atoms with E-state index < -0.39 is 11.8 Å². The fourth-order valence-corrected chi connectivity index (χ4v) is 2.64. The van der Waals surface area contributed by atoms with Crippen molar-refractivity contribution in [2.24, 2.45) is 5.10 Å². The Morgan fingerprint density at radius 2 is 1.83 bits per heavy atom. The average molecular weight is 475 g/mol. The molecule has 0 heterocycles. The molecule has 8 nitrogen and oxygen atoms in total. The van der Waals surface area contributed by atoms with Crippen molar-refractivity contribution in [3.05, 3.63) is 58.1 Å². The molecule has 0 atom stereocenters. The van der Waals surface area contributed by atoms with Crippen LogP contribution in [0.1, 0.15) is 24.5 Å². The van der Waals surface area contributed by atoms with Crippen molar-refractivity contribution in [2.75, 3.05) is 18.5 Å². The van der Waals surface area contributed by atoms with Gasteiger partial charge in [0.25, 0.3) is 5.91 Å². The smallest absolute Gasteiger partial charge is 0.329 e. The summed E-state index contributed by atoms with van der Waals surface area (Å²) in [6.07, 6.45) is 2.06. The third-order valence-corrected chi connectivity index (χ3v) is 4.27. The molecular formula is C21H23BrN4O4. The van der Waals surface area contributed by atoms with Crippen molar-refractivity contribution >= 4 is 45.6 Å². The summed E-state index contributed by atoms with van der Waals surface area (Å²) in [7, 11) is 0. The van der Waals surface area contributed by atoms with E-state index in [1.54, 1.807) is 18.2 Å². The molecule has 0 saturated heterocycles. The molecule has 30 heavy (non-hydrogen) atoms. The lowest BCUT2D eigenvalue weighted by Gasteiger charge is -2.10. The molecule has 0 fully saturated rings. The lowest BCUT2D eigenvalue weighted by atomic mass is 10.2. The minimum absolute atomic E-state index is 0.206. The summed E-state index contributed by atoms with van der Waals surface area (Å²) in [5.74, 6) is -1.54. The van der Waals surface area contributed by atoms with Crippen LogP contribution < -0.4 is 20.8 Å². The van der Waals surface area contributed by atoms with E-state index in [0.717, 1.165) is 16.5 Å². The predicted octanol–water partition coefficient (Wildman–Crippen LogP) is 2.75. The van der Waals surface area contributed by atoms with Crippen molar-refractivity contribution in [3.63, 3.8) is 0 Å². The highest BCUT2D eigenvalue weighted by molar-refractivity contribution is 9.10. The van der Waals surface area contributed by atoms with Gasteiger partial charge in [-0.2, -0.15) is 5.10 Å². The van der Waals surface area contributed by atoms with Gasteiger partial charge in [0.05, 0.1) is 6.21 Å². The van der Waals surface area contributed by atoms with Crippen LogP contribution in [-0.4, -0.2) is 37.1 Å². The Morgan fingerprint density at radius 3 is 2.53 bits per heavy atom. The first-order valence-electron chi connectivity index (χ1n) is 9.29. The summed E-state index contributed by atoms with van der Waals surface area (Å²) in [5, 5.41) is 8.99. The van der Waals surface area contributed by atoms with Gasteiger partial charge in [-0.15, -0.1) is 0 Å². The van der Waals surface area contributed by atoms with Gasteiger partial charge in [0.1, 0.15) is 5.75 Å². The zero-order chi connectivity index (χ0) is 21.9. The average Bonchev–Trinajstić information content (AvgIpc) is 2.73. The van der Waals surface area contributed by atoms with E-state index in [0.29, 0.717) is 23.5 Å². The van der Waals surface area contributed by atoms with E-state index in [-0.39, 0.29) is 12.5 Å². The van der Waals surface area contributed by atoms with E-state index in [2.05, 4.69) is 37.1 Å². The summed E-state index contributed by atoms with van der Waals surface area (Å²) >= 11 is 3.35. The summed E-state index contributed by atoms with van der Waals surface area (Å²) in [5.41, 5.74) is 4.44. The molecule has 0 saturated carbocycles. The molecule has 2 rings (SSSR count). The number of nitrogens with zero attached hydrogens (tertiary/aromatic N) is 1. The maximum absolute atomic E-state index is 12.1. The fourth-order valence-electron chi connectivity index (χ4n) is 2.26. The van der Waals surface area contributed by atoms with Gasteiger partial charge in [0.15, 0.2) is 6.61 Å². The van der Waals surface area contributed by atoms with Crippen molar-refractivity contribution < 1.29 is 19.1 Å². The number of hydrogen-bond donors (Lipinski definition) is 3. The normalized spacial score (nSPS) is 10.5. The Hall–Kier alpha value is -3.20. The zero-order valence-corrected chi connectivity index (χ0v) is 18.3. The Morgan fingerprint density at radius 1 is 1.10 bits per heavy atom. The molecule has 3 N–H and O–H groups in total. The number of hydrazone groups is 1. The number of ether oxygens (including phenoxy) is 1. The highest BCUT2D eigenvalue weighted by atomic mass is 79.9. The van der Waals surface area contributed by atoms with Crippen molar-refractivity contribution in [3.8, 4) is 5.75 Å². The second-order valence-corrected chi connectivity index (χ2v) is 7.26. The van der Waals surface area contributed by atoms with Crippen LogP contribution >= 0.6 is 15.9 Å². The van der Waals surface area contributed by atoms with Gasteiger partial charge in [-0.3, -0.25) is 14.4 Å². The Bertz CT molecular complexity index is 929. The van der Waals surface area contributed by atoms with Crippen molar-refractivity contribution in [1.82, 2.24) is 10.7 Å². The summed E-state index contributed by atoms with van der Waals surface area (Å²) in [6, 6.07) is 12.5. The van der Waals surface area contributed by atoms with Gasteiger partial charge in [0.2, 0.25) is 0 Å². The largest absolute Gasteiger partial charge is 0.483 e. The van der Waals surface area contributed by atoms with E-state index in [1.165, 1.54) is 6.21 Å². The minimum atomic E-state index is -0.866. The number of nitrogens with one attached hydrogen (secondary N) is 3. The number of anilines is 1. The van der Waals surface area contributed by atoms with Gasteiger partial charge < -0.3 is 15.4 Å². The number of rotatable bonds is 8. The fraction of sp³-hybridized carbons (Fsp3) is 0.238. The second kappa shape index (κ2) is 11.7. The number of amides is 3. The molecule has 2 aromatic carbocycles. The van der Waals surface area contributed by atoms with Crippen molar-refractivity contribution in [1.29, 1.82) is 0 Å². The summed E-state index contributed by atoms with van der Waals surface area (Å²) < 4.78 is 6.35. The van der Waals surface area contributed by atoms with Crippen LogP contribution in [-0.2, 0) is 14.4 Å². The topological polar surface area (TPSA) is 109 Å². The molecule has 0 unspecified atom stereocenters. The Balaban J connectivity index is 1.95. The molecule has 2 aromatic rings. The van der Waals surface area contributed by atoms with Crippen LogP contribution in [0.4, 0.5) is 5.69 Å². The minimum Gasteiger partial charge on any atom is -0.483 e. The maximum atomic E-state index is 12.1. The molecule has 0 aliphatic rings. The molecular weight excluding hydrogens is 452 g/mol. The number of hydrogen-bond acceptors (Lipinski definition) is 5. The van der Waals surface area contributed by atoms with E-state index in [1.807, 2.05) is 38.1 Å². The van der Waals surface area contributed by atoms with Gasteiger partial charge in [-0.05, 0) is 43.7 Å². The number of carbonyl (C=O) groups excluding carboxylic acids is 3.